The van der Waals surface area contributed by atoms with E-state index in [0.29, 0.717) is 36.5 Å². The first-order valence-corrected chi connectivity index (χ1v) is 12.1. The van der Waals surface area contributed by atoms with Crippen LogP contribution in [0.25, 0.3) is 0 Å². The Labute approximate surface area is 210 Å². The second-order valence-electron chi connectivity index (χ2n) is 9.88. The van der Waals surface area contributed by atoms with Gasteiger partial charge in [-0.3, -0.25) is 4.79 Å². The summed E-state index contributed by atoms with van der Waals surface area (Å²) in [6, 6.07) is 10.2. The summed E-state index contributed by atoms with van der Waals surface area (Å²) in [7, 11) is 0. The Morgan fingerprint density at radius 2 is 1.92 bits per heavy atom. The molecule has 0 radical (unpaired) electrons. The van der Waals surface area contributed by atoms with Crippen molar-refractivity contribution in [1.82, 2.24) is 4.98 Å². The topological polar surface area (TPSA) is 68.7 Å². The van der Waals surface area contributed by atoms with Gasteiger partial charge in [0.2, 0.25) is 5.88 Å². The normalized spacial score (nSPS) is 23.7. The summed E-state index contributed by atoms with van der Waals surface area (Å²) < 4.78 is 67.0. The van der Waals surface area contributed by atoms with Crippen LogP contribution in [0.1, 0.15) is 51.0 Å². The molecule has 3 aromatic rings. The summed E-state index contributed by atoms with van der Waals surface area (Å²) in [5.41, 5.74) is 2.99. The Hall–Kier alpha value is -3.46. The first-order valence-electron chi connectivity index (χ1n) is 12.1. The molecule has 1 aromatic heterocycles. The van der Waals surface area contributed by atoms with Gasteiger partial charge in [0.05, 0.1) is 24.2 Å². The first-order chi connectivity index (χ1) is 17.7. The molecule has 5 nitrogen and oxygen atoms in total. The summed E-state index contributed by atoms with van der Waals surface area (Å²) in [4.78, 5) is 15.6. The lowest BCUT2D eigenvalue weighted by molar-refractivity contribution is -0.139. The lowest BCUT2D eigenvalue weighted by Gasteiger charge is -2.28. The van der Waals surface area contributed by atoms with Crippen LogP contribution in [0, 0.1) is 17.7 Å². The molecule has 1 aliphatic heterocycles. The zero-order chi connectivity index (χ0) is 25.9. The van der Waals surface area contributed by atoms with Gasteiger partial charge in [-0.1, -0.05) is 18.2 Å². The van der Waals surface area contributed by atoms with E-state index in [2.05, 4.69) is 4.98 Å². The summed E-state index contributed by atoms with van der Waals surface area (Å²) in [5.74, 6) is -1.16. The highest BCUT2D eigenvalue weighted by Gasteiger charge is 2.59. The van der Waals surface area contributed by atoms with Gasteiger partial charge in [-0.05, 0) is 64.8 Å². The number of alkyl halides is 3. The molecule has 9 heteroatoms. The number of benzene rings is 2. The third-order valence-corrected chi connectivity index (χ3v) is 7.72. The maximum Gasteiger partial charge on any atom is 0.416 e. The predicted molar refractivity (Wildman–Crippen MR) is 124 cm³/mol. The van der Waals surface area contributed by atoms with E-state index < -0.39 is 29.6 Å². The zero-order valence-corrected chi connectivity index (χ0v) is 19.6. The van der Waals surface area contributed by atoms with E-state index in [1.54, 1.807) is 24.4 Å². The number of fused-ring (bicyclic) bond motifs is 4. The van der Waals surface area contributed by atoms with E-state index in [0.717, 1.165) is 17.2 Å². The van der Waals surface area contributed by atoms with Gasteiger partial charge in [-0.2, -0.15) is 13.2 Å². The minimum Gasteiger partial charge on any atom is -0.481 e. The third-order valence-electron chi connectivity index (χ3n) is 7.72. The van der Waals surface area contributed by atoms with Gasteiger partial charge < -0.3 is 14.6 Å². The molecule has 0 amide bonds. The number of carboxylic acid groups (broad SMARTS) is 1. The number of aliphatic carboxylic acids is 1. The molecule has 192 valence electrons. The number of hydrogen-bond donors (Lipinski definition) is 1. The molecule has 1 N–H and O–H groups in total. The number of rotatable bonds is 6. The van der Waals surface area contributed by atoms with Crippen LogP contribution in [0.4, 0.5) is 17.6 Å². The van der Waals surface area contributed by atoms with E-state index >= 15 is 0 Å². The lowest BCUT2D eigenvalue weighted by atomic mass is 9.90. The molecule has 1 fully saturated rings. The number of nitrogens with zero attached hydrogens (tertiary/aromatic N) is 1. The lowest BCUT2D eigenvalue weighted by Crippen LogP contribution is -2.21. The second-order valence-corrected chi connectivity index (χ2v) is 9.88. The summed E-state index contributed by atoms with van der Waals surface area (Å²) >= 11 is 0. The van der Waals surface area contributed by atoms with Crippen LogP contribution < -0.4 is 4.74 Å². The molecule has 1 unspecified atom stereocenters. The van der Waals surface area contributed by atoms with Crippen molar-refractivity contribution in [3.63, 3.8) is 0 Å². The van der Waals surface area contributed by atoms with Crippen LogP contribution in [0.15, 0.2) is 48.7 Å². The Morgan fingerprint density at radius 3 is 2.70 bits per heavy atom. The number of carbonyl (C=O) groups is 1. The van der Waals surface area contributed by atoms with Crippen molar-refractivity contribution in [3.05, 3.63) is 93.4 Å². The van der Waals surface area contributed by atoms with Crippen LogP contribution in [0.3, 0.4) is 0 Å². The van der Waals surface area contributed by atoms with Crippen LogP contribution in [0.2, 0.25) is 0 Å². The maximum absolute atomic E-state index is 14.9. The zero-order valence-electron chi connectivity index (χ0n) is 19.6. The third kappa shape index (κ3) is 4.35. The molecule has 2 aromatic carbocycles. The second kappa shape index (κ2) is 8.83. The van der Waals surface area contributed by atoms with Gasteiger partial charge in [0.15, 0.2) is 0 Å². The number of pyridine rings is 1. The van der Waals surface area contributed by atoms with E-state index in [-0.39, 0.29) is 41.9 Å². The van der Waals surface area contributed by atoms with Crippen molar-refractivity contribution < 1.29 is 36.9 Å². The van der Waals surface area contributed by atoms with Crippen molar-refractivity contribution >= 4 is 5.97 Å². The Bertz CT molecular complexity index is 1390. The smallest absolute Gasteiger partial charge is 0.416 e. The van der Waals surface area contributed by atoms with E-state index in [9.17, 15) is 27.5 Å². The molecular weight excluding hydrogens is 490 g/mol. The van der Waals surface area contributed by atoms with Gasteiger partial charge >= 0.3 is 12.1 Å². The molecule has 37 heavy (non-hydrogen) atoms. The fourth-order valence-corrected chi connectivity index (χ4v) is 5.89. The van der Waals surface area contributed by atoms with Crippen LogP contribution in [0.5, 0.6) is 5.88 Å². The molecule has 2 aliphatic carbocycles. The van der Waals surface area contributed by atoms with Gasteiger partial charge in [0, 0.05) is 30.2 Å². The summed E-state index contributed by atoms with van der Waals surface area (Å²) in [6.07, 6.45) is -2.34. The average molecular weight is 513 g/mol. The molecule has 6 rings (SSSR count). The Balaban J connectivity index is 1.20. The molecule has 4 atom stereocenters. The average Bonchev–Trinajstić information content (AvgIpc) is 3.45. The highest BCUT2D eigenvalue weighted by molar-refractivity contribution is 5.77. The van der Waals surface area contributed by atoms with Gasteiger partial charge in [0.1, 0.15) is 12.4 Å². The molecule has 1 saturated carbocycles. The predicted octanol–water partition coefficient (Wildman–Crippen LogP) is 5.65. The number of carboxylic acids is 1. The summed E-state index contributed by atoms with van der Waals surface area (Å²) in [5, 5.41) is 9.27. The first kappa shape index (κ1) is 23.9. The Morgan fingerprint density at radius 1 is 1.11 bits per heavy atom. The van der Waals surface area contributed by atoms with Crippen LogP contribution in [-0.2, 0) is 41.6 Å². The highest BCUT2D eigenvalue weighted by Crippen LogP contribution is 2.61. The monoisotopic (exact) mass is 513 g/mol. The quantitative estimate of drug-likeness (QED) is 0.432. The van der Waals surface area contributed by atoms with E-state index in [1.807, 2.05) is 0 Å². The number of hydrogen-bond acceptors (Lipinski definition) is 4. The van der Waals surface area contributed by atoms with E-state index in [4.69, 9.17) is 9.47 Å². The standard InChI is InChI=1S/C28H23F4NO4/c29-22-9-14-5-6-36-23(10-15-3-1-2-4-21(15)28(30,31)32)18(14)8-17(22)13-37-24-11-16-7-19-25(20(16)12-33-24)26(19)27(34)35/h1-4,8-9,11-12,19,23,25-26H,5-7,10,13H2,(H,34,35)/t19-,23?,25-,26+/m1/s1. The maximum atomic E-state index is 14.9. The minimum atomic E-state index is -4.48. The Kier molecular flexibility index (Phi) is 5.71. The number of aromatic nitrogens is 1. The SMILES string of the molecule is O=C(O)[C@H]1[C@@H]2Cc3cc(OCc4cc5c(cc4F)CCOC5Cc4ccccc4C(F)(F)F)ncc3[C@@H]21. The number of halogens is 4. The van der Waals surface area contributed by atoms with Crippen molar-refractivity contribution in [2.45, 2.75) is 44.1 Å². The summed E-state index contributed by atoms with van der Waals surface area (Å²) in [6.45, 7) is 0.187. The fourth-order valence-electron chi connectivity index (χ4n) is 5.89. The molecular formula is C28H23F4NO4. The van der Waals surface area contributed by atoms with Crippen molar-refractivity contribution in [2.24, 2.45) is 11.8 Å². The van der Waals surface area contributed by atoms with E-state index in [1.165, 1.54) is 18.2 Å². The van der Waals surface area contributed by atoms with Crippen molar-refractivity contribution in [2.75, 3.05) is 6.61 Å². The molecule has 0 bridgehead atoms. The minimum absolute atomic E-state index is 0.00606. The number of ether oxygens (including phenoxy) is 2. The van der Waals surface area contributed by atoms with Crippen LogP contribution in [-0.4, -0.2) is 22.7 Å². The fraction of sp³-hybridized carbons (Fsp3) is 0.357. The van der Waals surface area contributed by atoms with Gasteiger partial charge in [-0.25, -0.2) is 9.37 Å². The molecule has 2 heterocycles. The molecule has 0 spiro atoms. The van der Waals surface area contributed by atoms with Crippen molar-refractivity contribution in [1.29, 1.82) is 0 Å². The van der Waals surface area contributed by atoms with Crippen LogP contribution >= 0.6 is 0 Å². The van der Waals surface area contributed by atoms with Gasteiger partial charge in [0.25, 0.3) is 0 Å². The largest absolute Gasteiger partial charge is 0.481 e. The molecule has 0 saturated heterocycles. The highest BCUT2D eigenvalue weighted by atomic mass is 19.4. The van der Waals surface area contributed by atoms with Gasteiger partial charge in [-0.15, -0.1) is 0 Å². The molecule has 3 aliphatic rings. The van der Waals surface area contributed by atoms with Crippen molar-refractivity contribution in [3.8, 4) is 5.88 Å².